The molecule has 0 saturated carbocycles. The molecule has 0 aromatic heterocycles. The number of nitrogens with one attached hydrogen (secondary N) is 1. The van der Waals surface area contributed by atoms with Crippen molar-refractivity contribution >= 4 is 17.7 Å². The van der Waals surface area contributed by atoms with Gasteiger partial charge in [0.1, 0.15) is 6.04 Å². The number of hydrogen-bond acceptors (Lipinski definition) is 4. The van der Waals surface area contributed by atoms with Gasteiger partial charge in [0.25, 0.3) is 5.91 Å². The minimum absolute atomic E-state index is 0.0792. The Kier molecular flexibility index (Phi) is 11.4. The monoisotopic (exact) mass is 315 g/mol. The first-order chi connectivity index (χ1) is 10.4. The van der Waals surface area contributed by atoms with E-state index in [1.807, 2.05) is 6.92 Å². The molecule has 0 bridgehead atoms. The maximum atomic E-state index is 11.7. The molecule has 0 aliphatic carbocycles. The predicted octanol–water partition coefficient (Wildman–Crippen LogP) is 2.04. The van der Waals surface area contributed by atoms with E-state index in [0.717, 1.165) is 32.1 Å². The quantitative estimate of drug-likeness (QED) is 0.356. The van der Waals surface area contributed by atoms with Crippen LogP contribution in [0.25, 0.3) is 0 Å². The molecule has 6 heteroatoms. The molecule has 0 aliphatic heterocycles. The maximum Gasteiger partial charge on any atom is 0.326 e. The number of carbonyl (C=O) groups excluding carboxylic acids is 2. The van der Waals surface area contributed by atoms with E-state index in [0.29, 0.717) is 12.8 Å². The molecule has 3 N–H and O–H groups in total. The number of ketones is 1. The van der Waals surface area contributed by atoms with Gasteiger partial charge in [-0.1, -0.05) is 46.0 Å². The summed E-state index contributed by atoms with van der Waals surface area (Å²) in [5, 5.41) is 21.1. The summed E-state index contributed by atoms with van der Waals surface area (Å²) in [6, 6.07) is -1.22. The van der Waals surface area contributed by atoms with Crippen LogP contribution >= 0.6 is 0 Å². The first kappa shape index (κ1) is 20.6. The maximum absolute atomic E-state index is 11.7. The summed E-state index contributed by atoms with van der Waals surface area (Å²) >= 11 is 0. The number of aliphatic hydroxyl groups excluding tert-OH is 1. The molecule has 0 aliphatic rings. The Labute approximate surface area is 132 Å². The molecule has 0 unspecified atom stereocenters. The fraction of sp³-hybridized carbons (Fsp3) is 0.812. The number of rotatable bonds is 13. The lowest BCUT2D eigenvalue weighted by atomic mass is 10.0. The van der Waals surface area contributed by atoms with Crippen LogP contribution in [-0.4, -0.2) is 40.0 Å². The van der Waals surface area contributed by atoms with Crippen molar-refractivity contribution in [3.63, 3.8) is 0 Å². The van der Waals surface area contributed by atoms with Crippen molar-refractivity contribution in [1.82, 2.24) is 5.32 Å². The first-order valence-electron chi connectivity index (χ1n) is 8.16. The molecule has 2 atom stereocenters. The molecule has 6 nitrogen and oxygen atoms in total. The van der Waals surface area contributed by atoms with E-state index in [-0.39, 0.29) is 12.8 Å². The van der Waals surface area contributed by atoms with Crippen LogP contribution in [0.3, 0.4) is 0 Å². The third-order valence-electron chi connectivity index (χ3n) is 3.51. The Hall–Kier alpha value is -1.43. The number of carbonyl (C=O) groups is 3. The van der Waals surface area contributed by atoms with Gasteiger partial charge >= 0.3 is 5.97 Å². The Balaban J connectivity index is 4.28. The summed E-state index contributed by atoms with van der Waals surface area (Å²) in [5.41, 5.74) is 0. The summed E-state index contributed by atoms with van der Waals surface area (Å²) in [6.07, 6.45) is 5.01. The molecule has 128 valence electrons. The zero-order valence-electron chi connectivity index (χ0n) is 13.6. The smallest absolute Gasteiger partial charge is 0.326 e. The second-order valence-electron chi connectivity index (χ2n) is 5.63. The zero-order valence-corrected chi connectivity index (χ0v) is 13.6. The number of carboxylic acid groups (broad SMARTS) is 1. The predicted molar refractivity (Wildman–Crippen MR) is 83.5 cm³/mol. The van der Waals surface area contributed by atoms with Crippen LogP contribution in [-0.2, 0) is 14.4 Å². The van der Waals surface area contributed by atoms with Gasteiger partial charge in [0.05, 0.1) is 6.10 Å². The van der Waals surface area contributed by atoms with Gasteiger partial charge in [-0.2, -0.15) is 0 Å². The average Bonchev–Trinajstić information content (AvgIpc) is 2.48. The molecule has 0 aromatic carbocycles. The molecule has 0 radical (unpaired) electrons. The van der Waals surface area contributed by atoms with Crippen molar-refractivity contribution < 1.29 is 24.6 Å². The molecule has 1 amide bonds. The number of Topliss-reactive ketones (excluding diaryl/α,β-unsaturated/α-hetero) is 1. The third kappa shape index (κ3) is 9.50. The van der Waals surface area contributed by atoms with Crippen LogP contribution in [0.4, 0.5) is 0 Å². The fourth-order valence-corrected chi connectivity index (χ4v) is 2.12. The minimum Gasteiger partial charge on any atom is -0.480 e. The average molecular weight is 315 g/mol. The molecular weight excluding hydrogens is 286 g/mol. The van der Waals surface area contributed by atoms with Crippen LogP contribution in [0.1, 0.15) is 71.6 Å². The van der Waals surface area contributed by atoms with Gasteiger partial charge in [-0.25, -0.2) is 4.79 Å². The second kappa shape index (κ2) is 12.1. The Bertz CT molecular complexity index is 356. The number of amides is 1. The van der Waals surface area contributed by atoms with Crippen LogP contribution in [0, 0.1) is 0 Å². The van der Waals surface area contributed by atoms with Crippen LogP contribution in [0.2, 0.25) is 0 Å². The highest BCUT2D eigenvalue weighted by Gasteiger charge is 2.25. The van der Waals surface area contributed by atoms with Crippen LogP contribution in [0.15, 0.2) is 0 Å². The van der Waals surface area contributed by atoms with Crippen molar-refractivity contribution in [3.05, 3.63) is 0 Å². The Morgan fingerprint density at radius 2 is 1.64 bits per heavy atom. The largest absolute Gasteiger partial charge is 0.480 e. The van der Waals surface area contributed by atoms with Gasteiger partial charge < -0.3 is 15.5 Å². The normalized spacial score (nSPS) is 13.4. The molecular formula is C16H29NO5. The highest BCUT2D eigenvalue weighted by atomic mass is 16.4. The van der Waals surface area contributed by atoms with E-state index in [9.17, 15) is 19.5 Å². The van der Waals surface area contributed by atoms with E-state index < -0.39 is 29.8 Å². The van der Waals surface area contributed by atoms with Crippen molar-refractivity contribution in [3.8, 4) is 0 Å². The number of aliphatic carboxylic acids is 1. The van der Waals surface area contributed by atoms with Crippen LogP contribution in [0.5, 0.6) is 0 Å². The summed E-state index contributed by atoms with van der Waals surface area (Å²) in [7, 11) is 0. The second-order valence-corrected chi connectivity index (χ2v) is 5.63. The molecule has 0 fully saturated rings. The number of unbranched alkanes of at least 4 members (excludes halogenated alkanes) is 4. The van der Waals surface area contributed by atoms with Gasteiger partial charge in [-0.05, 0) is 12.8 Å². The summed E-state index contributed by atoms with van der Waals surface area (Å²) in [4.78, 5) is 34.5. The topological polar surface area (TPSA) is 104 Å². The number of hydrogen-bond donors (Lipinski definition) is 3. The molecule has 0 aromatic rings. The third-order valence-corrected chi connectivity index (χ3v) is 3.51. The molecule has 0 spiro atoms. The van der Waals surface area contributed by atoms with Crippen molar-refractivity contribution in [1.29, 1.82) is 0 Å². The Morgan fingerprint density at radius 3 is 2.18 bits per heavy atom. The van der Waals surface area contributed by atoms with Gasteiger partial charge in [0, 0.05) is 12.8 Å². The van der Waals surface area contributed by atoms with Crippen molar-refractivity contribution in [2.45, 2.75) is 83.8 Å². The molecule has 22 heavy (non-hydrogen) atoms. The fourth-order valence-electron chi connectivity index (χ4n) is 2.12. The highest BCUT2D eigenvalue weighted by Crippen LogP contribution is 2.08. The minimum atomic E-state index is -1.23. The summed E-state index contributed by atoms with van der Waals surface area (Å²) < 4.78 is 0. The van der Waals surface area contributed by atoms with E-state index in [2.05, 4.69) is 12.2 Å². The lowest BCUT2D eigenvalue weighted by Crippen LogP contribution is -2.45. The SMILES string of the molecule is CCCCCCC(=O)C(=O)N[C@@H](C[C@H](O)CCCC)C(=O)O. The van der Waals surface area contributed by atoms with E-state index in [1.165, 1.54) is 0 Å². The highest BCUT2D eigenvalue weighted by molar-refractivity contribution is 6.36. The Morgan fingerprint density at radius 1 is 1.00 bits per heavy atom. The van der Waals surface area contributed by atoms with Gasteiger partial charge in [-0.15, -0.1) is 0 Å². The number of aliphatic hydroxyl groups is 1. The lowest BCUT2D eigenvalue weighted by Gasteiger charge is -2.17. The van der Waals surface area contributed by atoms with Crippen molar-refractivity contribution in [2.24, 2.45) is 0 Å². The lowest BCUT2D eigenvalue weighted by molar-refractivity contribution is -0.145. The standard InChI is InChI=1S/C16H29NO5/c1-3-5-7-8-10-14(19)15(20)17-13(16(21)22)11-12(18)9-6-4-2/h12-13,18H,3-11H2,1-2H3,(H,17,20)(H,21,22)/t12-,13+/m1/s1. The van der Waals surface area contributed by atoms with E-state index in [1.54, 1.807) is 0 Å². The molecule has 0 heterocycles. The molecule has 0 rings (SSSR count). The van der Waals surface area contributed by atoms with Gasteiger partial charge in [0.2, 0.25) is 5.78 Å². The van der Waals surface area contributed by atoms with E-state index in [4.69, 9.17) is 5.11 Å². The van der Waals surface area contributed by atoms with Crippen LogP contribution < -0.4 is 5.32 Å². The van der Waals surface area contributed by atoms with Gasteiger partial charge in [-0.3, -0.25) is 9.59 Å². The van der Waals surface area contributed by atoms with E-state index >= 15 is 0 Å². The first-order valence-corrected chi connectivity index (χ1v) is 8.16. The summed E-state index contributed by atoms with van der Waals surface area (Å²) in [5.74, 6) is -2.69. The van der Waals surface area contributed by atoms with Crippen molar-refractivity contribution in [2.75, 3.05) is 0 Å². The van der Waals surface area contributed by atoms with Gasteiger partial charge in [0.15, 0.2) is 0 Å². The summed E-state index contributed by atoms with van der Waals surface area (Å²) in [6.45, 7) is 4.02. The zero-order chi connectivity index (χ0) is 17.0. The molecule has 0 saturated heterocycles. The number of carboxylic acids is 1.